The lowest BCUT2D eigenvalue weighted by Crippen LogP contribution is -2.41. The van der Waals surface area contributed by atoms with E-state index in [1.807, 2.05) is 37.5 Å². The van der Waals surface area contributed by atoms with Crippen LogP contribution in [0.4, 0.5) is 0 Å². The first-order valence-corrected chi connectivity index (χ1v) is 9.95. The number of hydrogen-bond donors (Lipinski definition) is 2. The van der Waals surface area contributed by atoms with Crippen molar-refractivity contribution in [1.82, 2.24) is 24.6 Å². The molecule has 4 rings (SSSR count). The molecule has 1 aliphatic rings. The predicted octanol–water partition coefficient (Wildman–Crippen LogP) is 2.35. The van der Waals surface area contributed by atoms with Gasteiger partial charge in [0.25, 0.3) is 0 Å². The number of rotatable bonds is 7. The molecule has 1 aliphatic carbocycles. The van der Waals surface area contributed by atoms with E-state index in [0.717, 1.165) is 28.8 Å². The molecule has 7 nitrogen and oxygen atoms in total. The van der Waals surface area contributed by atoms with Gasteiger partial charge in [-0.3, -0.25) is 9.48 Å². The molecule has 1 amide bonds. The van der Waals surface area contributed by atoms with Crippen LogP contribution >= 0.6 is 0 Å². The van der Waals surface area contributed by atoms with E-state index in [0.29, 0.717) is 25.8 Å². The molecule has 1 aromatic carbocycles. The largest absolute Gasteiger partial charge is 0.393 e. The lowest BCUT2D eigenvalue weighted by molar-refractivity contribution is -0.123. The Kier molecular flexibility index (Phi) is 5.17. The minimum atomic E-state index is -0.259. The van der Waals surface area contributed by atoms with Crippen LogP contribution < -0.4 is 5.32 Å². The molecule has 0 aliphatic heterocycles. The fourth-order valence-corrected chi connectivity index (χ4v) is 4.08. The summed E-state index contributed by atoms with van der Waals surface area (Å²) < 4.78 is 3.88. The van der Waals surface area contributed by atoms with Crippen LogP contribution in [-0.2, 0) is 24.8 Å². The molecule has 0 unspecified atom stereocenters. The molecule has 2 N–H and O–H groups in total. The van der Waals surface area contributed by atoms with Gasteiger partial charge < -0.3 is 15.0 Å². The third-order valence-corrected chi connectivity index (χ3v) is 5.63. The van der Waals surface area contributed by atoms with Crippen LogP contribution in [0.1, 0.15) is 43.6 Å². The zero-order chi connectivity index (χ0) is 19.7. The number of aliphatic hydroxyl groups excluding tert-OH is 1. The van der Waals surface area contributed by atoms with E-state index in [1.165, 1.54) is 0 Å². The highest BCUT2D eigenvalue weighted by molar-refractivity contribution is 5.78. The van der Waals surface area contributed by atoms with E-state index in [4.69, 9.17) is 0 Å². The molecule has 0 bridgehead atoms. The molecule has 28 heavy (non-hydrogen) atoms. The fraction of sp³-hybridized carbons (Fsp3) is 0.476. The Hall–Kier alpha value is -2.67. The number of nitrogens with zero attached hydrogens (tertiary/aromatic N) is 4. The van der Waals surface area contributed by atoms with Gasteiger partial charge in [-0.2, -0.15) is 5.10 Å². The summed E-state index contributed by atoms with van der Waals surface area (Å²) in [6.07, 6.45) is 6.12. The van der Waals surface area contributed by atoms with Gasteiger partial charge in [0.2, 0.25) is 5.91 Å². The van der Waals surface area contributed by atoms with E-state index in [-0.39, 0.29) is 24.0 Å². The highest BCUT2D eigenvalue weighted by Crippen LogP contribution is 2.38. The Labute approximate surface area is 164 Å². The molecule has 1 saturated carbocycles. The van der Waals surface area contributed by atoms with Crippen molar-refractivity contribution < 1.29 is 9.90 Å². The Balaban J connectivity index is 1.46. The molecular weight excluding hydrogens is 354 g/mol. The molecule has 2 aromatic heterocycles. The topological polar surface area (TPSA) is 85.0 Å². The van der Waals surface area contributed by atoms with Crippen LogP contribution in [0.15, 0.2) is 36.7 Å². The Morgan fingerprint density at radius 2 is 2.14 bits per heavy atom. The van der Waals surface area contributed by atoms with E-state index in [9.17, 15) is 9.90 Å². The van der Waals surface area contributed by atoms with Gasteiger partial charge in [-0.25, -0.2) is 4.98 Å². The second kappa shape index (κ2) is 7.75. The molecule has 148 valence electrons. The normalized spacial score (nSPS) is 20.1. The summed E-state index contributed by atoms with van der Waals surface area (Å²) in [5.74, 6) is 1.26. The summed E-state index contributed by atoms with van der Waals surface area (Å²) in [7, 11) is 1.87. The van der Waals surface area contributed by atoms with Crippen LogP contribution in [0.25, 0.3) is 11.0 Å². The number of carbonyl (C=O) groups is 1. The zero-order valence-electron chi connectivity index (χ0n) is 16.4. The van der Waals surface area contributed by atoms with Crippen molar-refractivity contribution in [2.75, 3.05) is 0 Å². The van der Waals surface area contributed by atoms with Gasteiger partial charge in [0.05, 0.1) is 29.4 Å². The highest BCUT2D eigenvalue weighted by atomic mass is 16.3. The summed E-state index contributed by atoms with van der Waals surface area (Å²) in [5.41, 5.74) is 3.03. The van der Waals surface area contributed by atoms with Gasteiger partial charge in [-0.05, 0) is 30.9 Å². The van der Waals surface area contributed by atoms with Crippen molar-refractivity contribution >= 4 is 16.9 Å². The van der Waals surface area contributed by atoms with E-state index >= 15 is 0 Å². The standard InChI is InChI=1S/C21H27N5O2/c1-3-19-23-17-6-4-5-7-18(17)26(19)9-8-20(28)24-21(14-10-16(27)11-14)15-12-22-25(2)13-15/h4-7,12-14,16,21,27H,3,8-11H2,1-2H3,(H,24,28)/t14?,16?,21-/m0/s1. The number of benzene rings is 1. The van der Waals surface area contributed by atoms with Crippen LogP contribution in [0, 0.1) is 5.92 Å². The number of aliphatic hydroxyl groups is 1. The molecule has 2 heterocycles. The number of imidazole rings is 1. The van der Waals surface area contributed by atoms with Gasteiger partial charge in [-0.1, -0.05) is 19.1 Å². The second-order valence-corrected chi connectivity index (χ2v) is 7.65. The van der Waals surface area contributed by atoms with Crippen LogP contribution in [-0.4, -0.2) is 36.4 Å². The second-order valence-electron chi connectivity index (χ2n) is 7.65. The summed E-state index contributed by atoms with van der Waals surface area (Å²) in [4.78, 5) is 17.4. The van der Waals surface area contributed by atoms with Crippen LogP contribution in [0.2, 0.25) is 0 Å². The lowest BCUT2D eigenvalue weighted by atomic mass is 9.75. The minimum Gasteiger partial charge on any atom is -0.393 e. The third kappa shape index (κ3) is 3.67. The van der Waals surface area contributed by atoms with Crippen molar-refractivity contribution in [3.05, 3.63) is 48.0 Å². The summed E-state index contributed by atoms with van der Waals surface area (Å²) in [5, 5.41) is 17.1. The third-order valence-electron chi connectivity index (χ3n) is 5.63. The van der Waals surface area contributed by atoms with Gasteiger partial charge in [0, 0.05) is 38.2 Å². The number of aromatic nitrogens is 4. The van der Waals surface area contributed by atoms with Crippen molar-refractivity contribution in [3.63, 3.8) is 0 Å². The number of nitrogens with one attached hydrogen (secondary N) is 1. The van der Waals surface area contributed by atoms with Crippen LogP contribution in [0.3, 0.4) is 0 Å². The number of hydrogen-bond acceptors (Lipinski definition) is 4. The van der Waals surface area contributed by atoms with Gasteiger partial charge >= 0.3 is 0 Å². The summed E-state index contributed by atoms with van der Waals surface area (Å²) >= 11 is 0. The van der Waals surface area contributed by atoms with Crippen molar-refractivity contribution in [2.45, 2.75) is 51.3 Å². The molecule has 1 fully saturated rings. The quantitative estimate of drug-likeness (QED) is 0.658. The Bertz CT molecular complexity index is 970. The summed E-state index contributed by atoms with van der Waals surface area (Å²) in [6.45, 7) is 2.68. The number of carbonyl (C=O) groups excluding carboxylic acids is 1. The zero-order valence-corrected chi connectivity index (χ0v) is 16.4. The first-order valence-electron chi connectivity index (χ1n) is 9.95. The monoisotopic (exact) mass is 381 g/mol. The Morgan fingerprint density at radius 1 is 1.36 bits per heavy atom. The molecule has 3 aromatic rings. The maximum absolute atomic E-state index is 12.8. The smallest absolute Gasteiger partial charge is 0.222 e. The molecule has 0 radical (unpaired) electrons. The number of amides is 1. The van der Waals surface area contributed by atoms with Gasteiger partial charge in [0.15, 0.2) is 0 Å². The van der Waals surface area contributed by atoms with Crippen LogP contribution in [0.5, 0.6) is 0 Å². The van der Waals surface area contributed by atoms with Crippen molar-refractivity contribution in [2.24, 2.45) is 13.0 Å². The number of aryl methyl sites for hydroxylation is 3. The number of fused-ring (bicyclic) bond motifs is 1. The van der Waals surface area contributed by atoms with Gasteiger partial charge in [-0.15, -0.1) is 0 Å². The van der Waals surface area contributed by atoms with E-state index in [2.05, 4.69) is 26.9 Å². The molecule has 0 spiro atoms. The van der Waals surface area contributed by atoms with Crippen molar-refractivity contribution in [1.29, 1.82) is 0 Å². The molecule has 1 atom stereocenters. The number of para-hydroxylation sites is 2. The van der Waals surface area contributed by atoms with E-state index in [1.54, 1.807) is 10.9 Å². The maximum Gasteiger partial charge on any atom is 0.222 e. The molecule has 0 saturated heterocycles. The SMILES string of the molecule is CCc1nc2ccccc2n1CCC(=O)N[C@H](c1cnn(C)c1)C1CC(O)C1. The molecule has 7 heteroatoms. The van der Waals surface area contributed by atoms with E-state index < -0.39 is 0 Å². The lowest BCUT2D eigenvalue weighted by Gasteiger charge is -2.37. The first kappa shape index (κ1) is 18.7. The minimum absolute atomic E-state index is 0.00933. The maximum atomic E-state index is 12.8. The highest BCUT2D eigenvalue weighted by Gasteiger charge is 2.36. The van der Waals surface area contributed by atoms with Gasteiger partial charge in [0.1, 0.15) is 5.82 Å². The predicted molar refractivity (Wildman–Crippen MR) is 107 cm³/mol. The fourth-order valence-electron chi connectivity index (χ4n) is 4.08. The first-order chi connectivity index (χ1) is 13.5. The average Bonchev–Trinajstić information content (AvgIpc) is 3.25. The average molecular weight is 381 g/mol. The summed E-state index contributed by atoms with van der Waals surface area (Å²) in [6, 6.07) is 7.94. The van der Waals surface area contributed by atoms with Crippen molar-refractivity contribution in [3.8, 4) is 0 Å². The Morgan fingerprint density at radius 3 is 2.82 bits per heavy atom. The molecular formula is C21H27N5O2.